The van der Waals surface area contributed by atoms with Crippen LogP contribution in [0, 0.1) is 0 Å². The van der Waals surface area contributed by atoms with Gasteiger partial charge in [-0.05, 0) is 72.6 Å². The van der Waals surface area contributed by atoms with Crippen LogP contribution in [0.2, 0.25) is 0 Å². The third-order valence-corrected chi connectivity index (χ3v) is 3.66. The molecule has 0 fully saturated rings. The minimum Gasteiger partial charge on any atom is -0.0888 e. The summed E-state index contributed by atoms with van der Waals surface area (Å²) in [6, 6.07) is 0. The zero-order chi connectivity index (χ0) is 15.2. The number of allylic oxidation sites excluding steroid dienone is 8. The molecule has 0 spiro atoms. The summed E-state index contributed by atoms with van der Waals surface area (Å²) in [5.41, 5.74) is 4.55. The molecule has 0 saturated heterocycles. The Balaban J connectivity index is 3.85. The normalized spacial score (nSPS) is 14.3. The molecule has 0 unspecified atom stereocenters. The van der Waals surface area contributed by atoms with Crippen LogP contribution in [0.1, 0.15) is 79.6 Å². The highest BCUT2D eigenvalue weighted by Crippen LogP contribution is 2.12. The van der Waals surface area contributed by atoms with Crippen molar-refractivity contribution in [3.05, 3.63) is 47.1 Å². The Morgan fingerprint density at radius 1 is 0.700 bits per heavy atom. The molecule has 0 aromatic heterocycles. The SMILES string of the molecule is C/C=C(\C)CC/C=C(\C)CC/C=C(/C)CCC=CCC. The van der Waals surface area contributed by atoms with Crippen LogP contribution >= 0.6 is 0 Å². The summed E-state index contributed by atoms with van der Waals surface area (Å²) in [6.45, 7) is 11.0. The molecule has 0 aliphatic rings. The second kappa shape index (κ2) is 13.0. The standard InChI is InChI=1S/C20H34/c1-6-8-9-10-13-19(4)16-12-17-20(5)15-11-14-18(3)7-2/h7-9,15-16H,6,10-14,17H2,1-5H3/b9-8?,18-7+,19-16-,20-15+. The van der Waals surface area contributed by atoms with Crippen LogP contribution in [0.4, 0.5) is 0 Å². The molecule has 0 bridgehead atoms. The van der Waals surface area contributed by atoms with Crippen molar-refractivity contribution in [2.75, 3.05) is 0 Å². The van der Waals surface area contributed by atoms with Crippen LogP contribution in [0.5, 0.6) is 0 Å². The van der Waals surface area contributed by atoms with Crippen LogP contribution in [0.25, 0.3) is 0 Å². The van der Waals surface area contributed by atoms with Crippen LogP contribution in [0.3, 0.4) is 0 Å². The van der Waals surface area contributed by atoms with Gasteiger partial charge < -0.3 is 0 Å². The Labute approximate surface area is 127 Å². The van der Waals surface area contributed by atoms with Crippen LogP contribution in [-0.4, -0.2) is 0 Å². The number of rotatable bonds is 10. The highest BCUT2D eigenvalue weighted by atomic mass is 14.0. The maximum Gasteiger partial charge on any atom is -0.0288 e. The molecule has 0 aromatic rings. The molecule has 0 atom stereocenters. The molecule has 0 aliphatic heterocycles. The van der Waals surface area contributed by atoms with Gasteiger partial charge in [-0.3, -0.25) is 0 Å². The zero-order valence-corrected chi connectivity index (χ0v) is 14.3. The monoisotopic (exact) mass is 274 g/mol. The Bertz CT molecular complexity index is 350. The molecule has 0 amide bonds. The Morgan fingerprint density at radius 2 is 1.20 bits per heavy atom. The predicted molar refractivity (Wildman–Crippen MR) is 94.1 cm³/mol. The largest absolute Gasteiger partial charge is 0.0888 e. The van der Waals surface area contributed by atoms with Crippen molar-refractivity contribution in [1.29, 1.82) is 0 Å². The van der Waals surface area contributed by atoms with Gasteiger partial charge >= 0.3 is 0 Å². The first-order valence-electron chi connectivity index (χ1n) is 8.18. The van der Waals surface area contributed by atoms with Crippen LogP contribution in [-0.2, 0) is 0 Å². The lowest BCUT2D eigenvalue weighted by molar-refractivity contribution is 0.900. The van der Waals surface area contributed by atoms with E-state index in [-0.39, 0.29) is 0 Å². The fraction of sp³-hybridized carbons (Fsp3) is 0.600. The zero-order valence-electron chi connectivity index (χ0n) is 14.3. The van der Waals surface area contributed by atoms with Crippen molar-refractivity contribution in [1.82, 2.24) is 0 Å². The first-order valence-corrected chi connectivity index (χ1v) is 8.18. The van der Waals surface area contributed by atoms with E-state index < -0.39 is 0 Å². The van der Waals surface area contributed by atoms with Gasteiger partial charge in [0.1, 0.15) is 0 Å². The topological polar surface area (TPSA) is 0 Å². The molecule has 0 saturated carbocycles. The molecule has 114 valence electrons. The summed E-state index contributed by atoms with van der Waals surface area (Å²) < 4.78 is 0. The van der Waals surface area contributed by atoms with E-state index in [1.165, 1.54) is 55.2 Å². The van der Waals surface area contributed by atoms with Crippen molar-refractivity contribution in [2.45, 2.75) is 79.6 Å². The molecule has 0 rings (SSSR count). The molecular formula is C20H34. The van der Waals surface area contributed by atoms with Crippen LogP contribution in [0.15, 0.2) is 47.1 Å². The smallest absolute Gasteiger partial charge is 0.0288 e. The predicted octanol–water partition coefficient (Wildman–Crippen LogP) is 7.15. The fourth-order valence-corrected chi connectivity index (χ4v) is 2.04. The van der Waals surface area contributed by atoms with Crippen molar-refractivity contribution in [2.24, 2.45) is 0 Å². The molecule has 0 radical (unpaired) electrons. The molecule has 0 N–H and O–H groups in total. The van der Waals surface area contributed by atoms with Crippen LogP contribution < -0.4 is 0 Å². The molecule has 0 heteroatoms. The van der Waals surface area contributed by atoms with Crippen molar-refractivity contribution >= 4 is 0 Å². The minimum absolute atomic E-state index is 1.15. The third kappa shape index (κ3) is 12.0. The maximum atomic E-state index is 2.41. The van der Waals surface area contributed by atoms with E-state index in [1.807, 2.05) is 0 Å². The summed E-state index contributed by atoms with van der Waals surface area (Å²) in [5.74, 6) is 0. The van der Waals surface area contributed by atoms with Crippen molar-refractivity contribution in [3.63, 3.8) is 0 Å². The first-order chi connectivity index (χ1) is 9.60. The van der Waals surface area contributed by atoms with Gasteiger partial charge in [0.15, 0.2) is 0 Å². The molecule has 0 aliphatic carbocycles. The maximum absolute atomic E-state index is 2.41. The molecule has 0 aromatic carbocycles. The number of hydrogen-bond acceptors (Lipinski definition) is 0. The van der Waals surface area contributed by atoms with Gasteiger partial charge in [0.05, 0.1) is 0 Å². The van der Waals surface area contributed by atoms with Gasteiger partial charge in [-0.2, -0.15) is 0 Å². The average Bonchev–Trinajstić information content (AvgIpc) is 2.43. The Morgan fingerprint density at radius 3 is 1.70 bits per heavy atom. The summed E-state index contributed by atoms with van der Waals surface area (Å²) in [4.78, 5) is 0. The lowest BCUT2D eigenvalue weighted by atomic mass is 10.0. The minimum atomic E-state index is 1.15. The van der Waals surface area contributed by atoms with Crippen molar-refractivity contribution in [3.8, 4) is 0 Å². The molecular weight excluding hydrogens is 240 g/mol. The lowest BCUT2D eigenvalue weighted by Gasteiger charge is -2.02. The third-order valence-electron chi connectivity index (χ3n) is 3.66. The average molecular weight is 274 g/mol. The first kappa shape index (κ1) is 19.0. The Hall–Kier alpha value is -1.04. The van der Waals surface area contributed by atoms with E-state index in [9.17, 15) is 0 Å². The summed E-state index contributed by atoms with van der Waals surface area (Å²) >= 11 is 0. The molecule has 20 heavy (non-hydrogen) atoms. The van der Waals surface area contributed by atoms with Crippen molar-refractivity contribution < 1.29 is 0 Å². The fourth-order valence-electron chi connectivity index (χ4n) is 2.04. The van der Waals surface area contributed by atoms with E-state index >= 15 is 0 Å². The number of hydrogen-bond donors (Lipinski definition) is 0. The van der Waals surface area contributed by atoms with E-state index in [4.69, 9.17) is 0 Å². The lowest BCUT2D eigenvalue weighted by Crippen LogP contribution is -1.81. The summed E-state index contributed by atoms with van der Waals surface area (Å²) in [5, 5.41) is 0. The Kier molecular flexibility index (Phi) is 12.3. The van der Waals surface area contributed by atoms with Gasteiger partial charge in [-0.1, -0.05) is 54.0 Å². The second-order valence-electron chi connectivity index (χ2n) is 5.73. The highest BCUT2D eigenvalue weighted by Gasteiger charge is 1.92. The van der Waals surface area contributed by atoms with Gasteiger partial charge in [-0.25, -0.2) is 0 Å². The highest BCUT2D eigenvalue weighted by molar-refractivity contribution is 5.06. The second-order valence-corrected chi connectivity index (χ2v) is 5.73. The summed E-state index contributed by atoms with van der Waals surface area (Å²) in [7, 11) is 0. The van der Waals surface area contributed by atoms with E-state index in [0.717, 1.165) is 6.42 Å². The van der Waals surface area contributed by atoms with E-state index in [2.05, 4.69) is 65.0 Å². The van der Waals surface area contributed by atoms with Gasteiger partial charge in [0.2, 0.25) is 0 Å². The van der Waals surface area contributed by atoms with Gasteiger partial charge in [-0.15, -0.1) is 0 Å². The van der Waals surface area contributed by atoms with E-state index in [0.29, 0.717) is 0 Å². The van der Waals surface area contributed by atoms with E-state index in [1.54, 1.807) is 0 Å². The molecule has 0 heterocycles. The molecule has 0 nitrogen and oxygen atoms in total. The summed E-state index contributed by atoms with van der Waals surface area (Å²) in [6.07, 6.45) is 19.9. The van der Waals surface area contributed by atoms with Gasteiger partial charge in [0.25, 0.3) is 0 Å². The van der Waals surface area contributed by atoms with Gasteiger partial charge in [0, 0.05) is 0 Å². The quantitative estimate of drug-likeness (QED) is 0.371.